The Hall–Kier alpha value is -2.77. The molecule has 0 fully saturated rings. The Morgan fingerprint density at radius 2 is 1.93 bits per heavy atom. The zero-order valence-corrected chi connectivity index (χ0v) is 16.7. The van der Waals surface area contributed by atoms with Gasteiger partial charge in [-0.3, -0.25) is 4.79 Å². The minimum Gasteiger partial charge on any atom is -0.366 e. The number of thioether (sulfide) groups is 1. The van der Waals surface area contributed by atoms with Crippen LogP contribution >= 0.6 is 23.4 Å². The summed E-state index contributed by atoms with van der Waals surface area (Å²) in [5.41, 5.74) is 8.87. The standard InChI is InChI=1S/C20H18ClN5OS/c1-12-16(18(22)27)17(14-7-9-15(21)10-8-14)26-19(23-12)24-20(25-26)28-11-13-5-3-2-4-6-13/h2-10,17H,11H2,1H3,(H2,22,27)(H,23,24,25)/t17-/m1/s1. The molecule has 4 rings (SSSR count). The highest BCUT2D eigenvalue weighted by atomic mass is 35.5. The fourth-order valence-corrected chi connectivity index (χ4v) is 4.10. The van der Waals surface area contributed by atoms with Crippen molar-refractivity contribution in [3.63, 3.8) is 0 Å². The fourth-order valence-electron chi connectivity index (χ4n) is 3.19. The van der Waals surface area contributed by atoms with E-state index in [1.54, 1.807) is 16.8 Å². The second kappa shape index (κ2) is 7.69. The maximum Gasteiger partial charge on any atom is 0.248 e. The largest absolute Gasteiger partial charge is 0.366 e. The number of primary amides is 1. The predicted octanol–water partition coefficient (Wildman–Crippen LogP) is 4.00. The van der Waals surface area contributed by atoms with Gasteiger partial charge in [0.25, 0.3) is 0 Å². The quantitative estimate of drug-likeness (QED) is 0.620. The van der Waals surface area contributed by atoms with Gasteiger partial charge in [0.15, 0.2) is 0 Å². The number of nitrogens with zero attached hydrogens (tertiary/aromatic N) is 3. The fraction of sp³-hybridized carbons (Fsp3) is 0.150. The van der Waals surface area contributed by atoms with Crippen LogP contribution in [-0.4, -0.2) is 20.7 Å². The third kappa shape index (κ3) is 3.63. The van der Waals surface area contributed by atoms with Crippen LogP contribution in [-0.2, 0) is 10.5 Å². The lowest BCUT2D eigenvalue weighted by molar-refractivity contribution is -0.115. The second-order valence-electron chi connectivity index (χ2n) is 6.42. The molecule has 1 aromatic heterocycles. The number of anilines is 1. The van der Waals surface area contributed by atoms with Crippen LogP contribution in [0.25, 0.3) is 0 Å². The van der Waals surface area contributed by atoms with E-state index in [0.717, 1.165) is 11.3 Å². The third-order valence-electron chi connectivity index (χ3n) is 4.50. The summed E-state index contributed by atoms with van der Waals surface area (Å²) < 4.78 is 1.71. The van der Waals surface area contributed by atoms with Gasteiger partial charge in [0.2, 0.25) is 17.0 Å². The molecular formula is C20H18ClN5OS. The number of halogens is 1. The first-order chi connectivity index (χ1) is 13.5. The molecule has 0 spiro atoms. The van der Waals surface area contributed by atoms with E-state index in [0.29, 0.717) is 27.4 Å². The summed E-state index contributed by atoms with van der Waals surface area (Å²) in [6.45, 7) is 1.82. The molecule has 8 heteroatoms. The summed E-state index contributed by atoms with van der Waals surface area (Å²) in [4.78, 5) is 16.8. The molecule has 1 aliphatic heterocycles. The van der Waals surface area contributed by atoms with Crippen LogP contribution in [0.5, 0.6) is 0 Å². The average molecular weight is 412 g/mol. The SMILES string of the molecule is CC1=C(C(N)=O)[C@@H](c2ccc(Cl)cc2)n2nc(SCc3ccccc3)nc2N1. The van der Waals surface area contributed by atoms with Gasteiger partial charge in [0, 0.05) is 16.5 Å². The Balaban J connectivity index is 1.69. The molecule has 0 bridgehead atoms. The molecule has 2 heterocycles. The van der Waals surface area contributed by atoms with Crippen molar-refractivity contribution < 1.29 is 4.79 Å². The zero-order chi connectivity index (χ0) is 19.7. The summed E-state index contributed by atoms with van der Waals surface area (Å²) in [5.74, 6) is 0.841. The molecule has 2 aromatic carbocycles. The highest BCUT2D eigenvalue weighted by Gasteiger charge is 2.33. The van der Waals surface area contributed by atoms with Crippen LogP contribution in [0.15, 0.2) is 71.0 Å². The number of carbonyl (C=O) groups excluding carboxylic acids is 1. The lowest BCUT2D eigenvalue weighted by Crippen LogP contribution is -2.31. The number of fused-ring (bicyclic) bond motifs is 1. The van der Waals surface area contributed by atoms with E-state index in [9.17, 15) is 4.79 Å². The summed E-state index contributed by atoms with van der Waals surface area (Å²) in [5, 5.41) is 9.04. The highest BCUT2D eigenvalue weighted by Crippen LogP contribution is 2.36. The molecule has 1 amide bonds. The van der Waals surface area contributed by atoms with E-state index in [2.05, 4.69) is 27.5 Å². The van der Waals surface area contributed by atoms with Gasteiger partial charge in [-0.15, -0.1) is 5.10 Å². The van der Waals surface area contributed by atoms with Crippen LogP contribution in [0, 0.1) is 0 Å². The maximum absolute atomic E-state index is 12.2. The van der Waals surface area contributed by atoms with E-state index >= 15 is 0 Å². The van der Waals surface area contributed by atoms with Crippen LogP contribution in [0.3, 0.4) is 0 Å². The van der Waals surface area contributed by atoms with Crippen molar-refractivity contribution in [1.29, 1.82) is 0 Å². The van der Waals surface area contributed by atoms with Gasteiger partial charge in [-0.05, 0) is 30.2 Å². The molecule has 0 unspecified atom stereocenters. The number of allylic oxidation sites excluding steroid dienone is 1. The minimum absolute atomic E-state index is 0.454. The van der Waals surface area contributed by atoms with Gasteiger partial charge in [-0.2, -0.15) is 4.98 Å². The highest BCUT2D eigenvalue weighted by molar-refractivity contribution is 7.98. The number of aromatic nitrogens is 3. The van der Waals surface area contributed by atoms with Crippen LogP contribution in [0.2, 0.25) is 5.02 Å². The van der Waals surface area contributed by atoms with E-state index in [4.69, 9.17) is 17.3 Å². The predicted molar refractivity (Wildman–Crippen MR) is 111 cm³/mol. The summed E-state index contributed by atoms with van der Waals surface area (Å²) >= 11 is 7.57. The molecule has 0 saturated heterocycles. The first kappa shape index (κ1) is 18.6. The number of carbonyl (C=O) groups is 1. The zero-order valence-electron chi connectivity index (χ0n) is 15.1. The number of nitrogens with one attached hydrogen (secondary N) is 1. The minimum atomic E-state index is -0.496. The van der Waals surface area contributed by atoms with Crippen molar-refractivity contribution >= 4 is 35.2 Å². The first-order valence-electron chi connectivity index (χ1n) is 8.69. The molecule has 28 heavy (non-hydrogen) atoms. The molecule has 0 aliphatic carbocycles. The number of amides is 1. The Morgan fingerprint density at radius 1 is 1.21 bits per heavy atom. The monoisotopic (exact) mass is 411 g/mol. The number of nitrogens with two attached hydrogens (primary N) is 1. The van der Waals surface area contributed by atoms with E-state index in [1.165, 1.54) is 17.3 Å². The van der Waals surface area contributed by atoms with Crippen molar-refractivity contribution in [2.75, 3.05) is 5.32 Å². The number of rotatable bonds is 5. The number of benzene rings is 2. The Kier molecular flexibility index (Phi) is 5.11. The van der Waals surface area contributed by atoms with Gasteiger partial charge in [-0.25, -0.2) is 4.68 Å². The van der Waals surface area contributed by atoms with Gasteiger partial charge < -0.3 is 11.1 Å². The average Bonchev–Trinajstić information content (AvgIpc) is 3.09. The number of hydrogen-bond donors (Lipinski definition) is 2. The van der Waals surface area contributed by atoms with Crippen molar-refractivity contribution in [2.45, 2.75) is 23.9 Å². The van der Waals surface area contributed by atoms with Gasteiger partial charge in [0.1, 0.15) is 6.04 Å². The molecule has 0 radical (unpaired) electrons. The van der Waals surface area contributed by atoms with Crippen molar-refractivity contribution in [3.8, 4) is 0 Å². The van der Waals surface area contributed by atoms with Crippen molar-refractivity contribution in [2.24, 2.45) is 5.73 Å². The van der Waals surface area contributed by atoms with Crippen LogP contribution in [0.1, 0.15) is 24.1 Å². The van der Waals surface area contributed by atoms with Gasteiger partial charge in [-0.1, -0.05) is 65.8 Å². The van der Waals surface area contributed by atoms with Gasteiger partial charge in [0.05, 0.1) is 5.57 Å². The van der Waals surface area contributed by atoms with Crippen LogP contribution < -0.4 is 11.1 Å². The van der Waals surface area contributed by atoms with Crippen molar-refractivity contribution in [3.05, 3.63) is 82.0 Å². The molecule has 1 aliphatic rings. The van der Waals surface area contributed by atoms with Gasteiger partial charge >= 0.3 is 0 Å². The Bertz CT molecular complexity index is 1050. The molecule has 142 valence electrons. The molecule has 3 N–H and O–H groups in total. The maximum atomic E-state index is 12.2. The molecule has 0 saturated carbocycles. The second-order valence-corrected chi connectivity index (χ2v) is 7.80. The molecule has 6 nitrogen and oxygen atoms in total. The molecular weight excluding hydrogens is 394 g/mol. The topological polar surface area (TPSA) is 85.8 Å². The molecule has 3 aromatic rings. The molecule has 1 atom stereocenters. The normalized spacial score (nSPS) is 15.9. The third-order valence-corrected chi connectivity index (χ3v) is 5.66. The lowest BCUT2D eigenvalue weighted by Gasteiger charge is -2.27. The first-order valence-corrected chi connectivity index (χ1v) is 10.1. The van der Waals surface area contributed by atoms with E-state index < -0.39 is 11.9 Å². The lowest BCUT2D eigenvalue weighted by atomic mass is 9.95. The van der Waals surface area contributed by atoms with Crippen molar-refractivity contribution in [1.82, 2.24) is 14.8 Å². The Morgan fingerprint density at radius 3 is 2.61 bits per heavy atom. The van der Waals surface area contributed by atoms with Crippen LogP contribution in [0.4, 0.5) is 5.95 Å². The summed E-state index contributed by atoms with van der Waals surface area (Å²) in [6.07, 6.45) is 0. The van der Waals surface area contributed by atoms with E-state index in [1.807, 2.05) is 37.3 Å². The number of hydrogen-bond acceptors (Lipinski definition) is 5. The summed E-state index contributed by atoms with van der Waals surface area (Å²) in [6, 6.07) is 17.0. The Labute approximate surface area is 171 Å². The summed E-state index contributed by atoms with van der Waals surface area (Å²) in [7, 11) is 0. The van der Waals surface area contributed by atoms with E-state index in [-0.39, 0.29) is 0 Å². The smallest absolute Gasteiger partial charge is 0.248 e.